The van der Waals surface area contributed by atoms with Crippen LogP contribution in [-0.2, 0) is 16.2 Å². The first kappa shape index (κ1) is 24.3. The van der Waals surface area contributed by atoms with Crippen LogP contribution >= 0.6 is 43.5 Å². The molecule has 1 heterocycles. The number of hydrogen-bond acceptors (Lipinski definition) is 4. The van der Waals surface area contributed by atoms with Crippen LogP contribution in [0.25, 0.3) is 6.08 Å². The summed E-state index contributed by atoms with van der Waals surface area (Å²) in [4.78, 5) is 25.6. The summed E-state index contributed by atoms with van der Waals surface area (Å²) in [6, 6.07) is 18.0. The molecule has 1 saturated heterocycles. The minimum atomic E-state index is -0.488. The van der Waals surface area contributed by atoms with Gasteiger partial charge in [0.25, 0.3) is 11.8 Å². The molecule has 1 N–H and O–H groups in total. The molecule has 3 aromatic rings. The van der Waals surface area contributed by atoms with Gasteiger partial charge in [0.05, 0.1) is 16.8 Å². The summed E-state index contributed by atoms with van der Waals surface area (Å²) in [5.74, 6) is 0.0428. The number of halogens is 3. The van der Waals surface area contributed by atoms with Crippen LogP contribution in [0, 0.1) is 0 Å². The van der Waals surface area contributed by atoms with Gasteiger partial charge in [-0.15, -0.1) is 0 Å². The molecule has 174 valence electrons. The van der Waals surface area contributed by atoms with Crippen molar-refractivity contribution < 1.29 is 19.1 Å². The average molecular weight is 607 g/mol. The van der Waals surface area contributed by atoms with Gasteiger partial charge in [-0.1, -0.05) is 41.9 Å². The van der Waals surface area contributed by atoms with Crippen molar-refractivity contribution in [3.8, 4) is 11.5 Å². The third-order valence-electron chi connectivity index (χ3n) is 4.96. The van der Waals surface area contributed by atoms with E-state index in [0.29, 0.717) is 49.9 Å². The maximum atomic E-state index is 13.0. The Balaban J connectivity index is 1.66. The van der Waals surface area contributed by atoms with Crippen molar-refractivity contribution in [1.29, 1.82) is 0 Å². The highest BCUT2D eigenvalue weighted by molar-refractivity contribution is 9.13. The van der Waals surface area contributed by atoms with Gasteiger partial charge >= 0.3 is 0 Å². The molecule has 6 nitrogen and oxygen atoms in total. The van der Waals surface area contributed by atoms with Crippen molar-refractivity contribution in [2.75, 3.05) is 11.6 Å². The van der Waals surface area contributed by atoms with Crippen LogP contribution in [0.2, 0.25) is 5.02 Å². The monoisotopic (exact) mass is 604 g/mol. The molecular weight excluding hydrogens is 588 g/mol. The highest BCUT2D eigenvalue weighted by Gasteiger charge is 2.34. The quantitative estimate of drug-likeness (QED) is 0.253. The lowest BCUT2D eigenvalue weighted by atomic mass is 10.1. The fraction of sp³-hybridized carbons (Fsp3) is 0.120. The number of hydrogen-bond donors (Lipinski definition) is 1. The Labute approximate surface area is 218 Å². The predicted octanol–water partition coefficient (Wildman–Crippen LogP) is 6.30. The fourth-order valence-corrected chi connectivity index (χ4v) is 4.39. The lowest BCUT2D eigenvalue weighted by Crippen LogP contribution is -2.35. The number of anilines is 1. The third kappa shape index (κ3) is 5.14. The zero-order chi connectivity index (χ0) is 24.2. The normalized spacial score (nSPS) is 14.5. The van der Waals surface area contributed by atoms with Crippen molar-refractivity contribution in [2.24, 2.45) is 0 Å². The van der Waals surface area contributed by atoms with Gasteiger partial charge in [-0.25, -0.2) is 5.01 Å². The number of carbonyl (C=O) groups is 2. The lowest BCUT2D eigenvalue weighted by molar-refractivity contribution is -0.117. The van der Waals surface area contributed by atoms with Crippen LogP contribution in [0.5, 0.6) is 11.5 Å². The maximum absolute atomic E-state index is 13.0. The van der Waals surface area contributed by atoms with Gasteiger partial charge in [0.15, 0.2) is 11.5 Å². The highest BCUT2D eigenvalue weighted by atomic mass is 79.9. The molecule has 0 radical (unpaired) electrons. The second kappa shape index (κ2) is 10.6. The second-order valence-corrected chi connectivity index (χ2v) is 9.27. The van der Waals surface area contributed by atoms with Crippen molar-refractivity contribution >= 4 is 67.0 Å². The Bertz CT molecular complexity index is 1260. The molecule has 4 rings (SSSR count). The van der Waals surface area contributed by atoms with Gasteiger partial charge in [0.1, 0.15) is 12.2 Å². The van der Waals surface area contributed by atoms with Gasteiger partial charge in [-0.3, -0.25) is 15.0 Å². The average Bonchev–Trinajstić information content (AvgIpc) is 3.12. The summed E-state index contributed by atoms with van der Waals surface area (Å²) in [6.45, 7) is 2.57. The Morgan fingerprint density at radius 2 is 1.71 bits per heavy atom. The number of amides is 2. The van der Waals surface area contributed by atoms with Crippen LogP contribution in [0.3, 0.4) is 0 Å². The zero-order valence-electron chi connectivity index (χ0n) is 18.0. The van der Waals surface area contributed by atoms with Crippen molar-refractivity contribution in [1.82, 2.24) is 5.43 Å². The van der Waals surface area contributed by atoms with Gasteiger partial charge in [0.2, 0.25) is 0 Å². The largest absolute Gasteiger partial charge is 0.490 e. The van der Waals surface area contributed by atoms with E-state index < -0.39 is 11.8 Å². The Kier molecular flexibility index (Phi) is 7.60. The van der Waals surface area contributed by atoms with E-state index >= 15 is 0 Å². The number of benzene rings is 3. The first-order chi connectivity index (χ1) is 16.4. The van der Waals surface area contributed by atoms with Crippen molar-refractivity contribution in [3.05, 3.63) is 91.3 Å². The molecule has 0 aliphatic carbocycles. The second-order valence-electron chi connectivity index (χ2n) is 7.24. The van der Waals surface area contributed by atoms with E-state index in [2.05, 4.69) is 37.3 Å². The van der Waals surface area contributed by atoms with Crippen LogP contribution in [0.4, 0.5) is 5.69 Å². The van der Waals surface area contributed by atoms with Gasteiger partial charge in [-0.05, 0) is 86.3 Å². The highest BCUT2D eigenvalue weighted by Crippen LogP contribution is 2.44. The molecule has 0 unspecified atom stereocenters. The summed E-state index contributed by atoms with van der Waals surface area (Å²) in [6.07, 6.45) is 1.53. The summed E-state index contributed by atoms with van der Waals surface area (Å²) >= 11 is 13.1. The fourth-order valence-electron chi connectivity index (χ4n) is 3.31. The van der Waals surface area contributed by atoms with E-state index in [1.165, 1.54) is 11.1 Å². The van der Waals surface area contributed by atoms with Crippen molar-refractivity contribution in [2.45, 2.75) is 13.5 Å². The smallest absolute Gasteiger partial charge is 0.282 e. The number of ether oxygens (including phenoxy) is 2. The number of nitrogens with one attached hydrogen (secondary N) is 1. The van der Waals surface area contributed by atoms with E-state index in [1.54, 1.807) is 42.5 Å². The molecule has 0 bridgehead atoms. The maximum Gasteiger partial charge on any atom is 0.282 e. The molecule has 0 saturated carbocycles. The summed E-state index contributed by atoms with van der Waals surface area (Å²) in [5.41, 5.74) is 4.71. The minimum absolute atomic E-state index is 0.00809. The van der Waals surface area contributed by atoms with Gasteiger partial charge < -0.3 is 9.47 Å². The third-order valence-corrected chi connectivity index (χ3v) is 7.35. The first-order valence-electron chi connectivity index (χ1n) is 10.3. The number of rotatable bonds is 7. The topological polar surface area (TPSA) is 67.9 Å². The SMILES string of the molecule is CCOc1cc(/C=C2/C(=O)NN(c3ccccc3)C2=O)c(Br)c(Br)c1OCc1ccc(Cl)cc1. The van der Waals surface area contributed by atoms with E-state index in [4.69, 9.17) is 21.1 Å². The Hall–Kier alpha value is -2.81. The van der Waals surface area contributed by atoms with E-state index in [0.717, 1.165) is 5.56 Å². The molecule has 2 amide bonds. The first-order valence-corrected chi connectivity index (χ1v) is 12.3. The predicted molar refractivity (Wildman–Crippen MR) is 139 cm³/mol. The number of nitrogens with zero attached hydrogens (tertiary/aromatic N) is 1. The van der Waals surface area contributed by atoms with Crippen molar-refractivity contribution in [3.63, 3.8) is 0 Å². The van der Waals surface area contributed by atoms with E-state index in [9.17, 15) is 9.59 Å². The molecular formula is C25H19Br2ClN2O4. The molecule has 1 aliphatic rings. The summed E-state index contributed by atoms with van der Waals surface area (Å²) < 4.78 is 13.1. The standard InChI is InChI=1S/C25H19Br2ClN2O4/c1-2-33-20-13-16(12-19-24(31)29-30(25(19)32)18-6-4-3-5-7-18)21(26)22(27)23(20)34-14-15-8-10-17(28)11-9-15/h3-13H,2,14H2,1H3,(H,29,31)/b19-12-. The van der Waals surface area contributed by atoms with Crippen LogP contribution in [0.15, 0.2) is 75.2 Å². The van der Waals surface area contributed by atoms with Crippen LogP contribution in [-0.4, -0.2) is 18.4 Å². The van der Waals surface area contributed by atoms with E-state index in [-0.39, 0.29) is 5.57 Å². The molecule has 0 aromatic heterocycles. The molecule has 0 spiro atoms. The Morgan fingerprint density at radius 1 is 1.00 bits per heavy atom. The lowest BCUT2D eigenvalue weighted by Gasteiger charge is -2.17. The molecule has 0 atom stereocenters. The summed E-state index contributed by atoms with van der Waals surface area (Å²) in [5, 5.41) is 1.88. The number of para-hydroxylation sites is 1. The number of hydrazine groups is 1. The molecule has 34 heavy (non-hydrogen) atoms. The minimum Gasteiger partial charge on any atom is -0.490 e. The number of carbonyl (C=O) groups excluding carboxylic acids is 2. The zero-order valence-corrected chi connectivity index (χ0v) is 21.9. The molecule has 1 aliphatic heterocycles. The molecule has 3 aromatic carbocycles. The summed E-state index contributed by atoms with van der Waals surface area (Å²) in [7, 11) is 0. The molecule has 1 fully saturated rings. The molecule has 9 heteroatoms. The Morgan fingerprint density at radius 3 is 2.38 bits per heavy atom. The van der Waals surface area contributed by atoms with Gasteiger partial charge in [-0.2, -0.15) is 0 Å². The van der Waals surface area contributed by atoms with Gasteiger partial charge in [0, 0.05) is 9.50 Å². The van der Waals surface area contributed by atoms with Crippen LogP contribution < -0.4 is 19.9 Å². The van der Waals surface area contributed by atoms with E-state index in [1.807, 2.05) is 25.1 Å². The van der Waals surface area contributed by atoms with Crippen LogP contribution in [0.1, 0.15) is 18.1 Å².